The van der Waals surface area contributed by atoms with Crippen molar-refractivity contribution < 1.29 is 19.5 Å². The van der Waals surface area contributed by atoms with E-state index in [2.05, 4.69) is 53.3 Å². The van der Waals surface area contributed by atoms with Crippen molar-refractivity contribution in [3.8, 4) is 5.75 Å². The maximum Gasteiger partial charge on any atom is 0.305 e. The van der Waals surface area contributed by atoms with E-state index in [1.807, 2.05) is 0 Å². The lowest BCUT2D eigenvalue weighted by Crippen LogP contribution is -2.42. The molecule has 218 valence electrons. The van der Waals surface area contributed by atoms with Crippen LogP contribution in [0.4, 0.5) is 11.4 Å². The number of aromatic hydroxyl groups is 1. The lowest BCUT2D eigenvalue weighted by Gasteiger charge is -2.43. The zero-order valence-electron chi connectivity index (χ0n) is 23.3. The molecule has 2 aliphatic heterocycles. The van der Waals surface area contributed by atoms with Gasteiger partial charge in [0.1, 0.15) is 12.3 Å². The molecule has 7 rings (SSSR count). The summed E-state index contributed by atoms with van der Waals surface area (Å²) in [5.74, 6) is -1.69. The number of thioether (sulfide) groups is 1. The van der Waals surface area contributed by atoms with Gasteiger partial charge in [0.25, 0.3) is 0 Å². The highest BCUT2D eigenvalue weighted by atomic mass is 32.2. The van der Waals surface area contributed by atoms with Crippen LogP contribution in [0.1, 0.15) is 36.6 Å². The lowest BCUT2D eigenvalue weighted by molar-refractivity contribution is -0.143. The molecule has 3 aromatic rings. The minimum absolute atomic E-state index is 0.00285. The fraction of sp³-hybridized carbons (Fsp3) is 0.419. The normalized spacial score (nSPS) is 28.9. The third-order valence-electron chi connectivity index (χ3n) is 9.65. The number of aromatic nitrogens is 1. The highest BCUT2D eigenvalue weighted by Gasteiger charge is 2.69. The van der Waals surface area contributed by atoms with Gasteiger partial charge < -0.3 is 20.3 Å². The summed E-state index contributed by atoms with van der Waals surface area (Å²) in [7, 11) is 0. The number of benzene rings is 2. The fourth-order valence-corrected chi connectivity index (χ4v) is 10.9. The second-order valence-corrected chi connectivity index (χ2v) is 13.8. The van der Waals surface area contributed by atoms with Crippen molar-refractivity contribution in [3.05, 3.63) is 68.6 Å². The molecule has 3 heterocycles. The first-order valence-electron chi connectivity index (χ1n) is 14.5. The molecular formula is C31H32N4O5S2. The van der Waals surface area contributed by atoms with E-state index in [0.29, 0.717) is 5.69 Å². The number of fused-ring (bicyclic) bond motifs is 9. The molecule has 3 fully saturated rings. The molecule has 1 saturated heterocycles. The van der Waals surface area contributed by atoms with E-state index in [1.165, 1.54) is 23.5 Å². The minimum atomic E-state index is -0.451. The molecule has 0 spiro atoms. The largest absolute Gasteiger partial charge is 0.508 e. The lowest BCUT2D eigenvalue weighted by atomic mass is 9.68. The van der Waals surface area contributed by atoms with Gasteiger partial charge in [0.15, 0.2) is 0 Å². The molecule has 3 N–H and O–H groups in total. The fourth-order valence-electron chi connectivity index (χ4n) is 7.98. The zero-order chi connectivity index (χ0) is 29.3. The number of imide groups is 1. The highest BCUT2D eigenvalue weighted by molar-refractivity contribution is 8.00. The van der Waals surface area contributed by atoms with Gasteiger partial charge in [0.2, 0.25) is 17.7 Å². The maximum absolute atomic E-state index is 13.8. The standard InChI is InChI=1S/C31H32N4O5S2/c1-3-34(4-2)17-9-5-15(6-10-17)22-23-19-13-20(26(23)41-28-27(22)42-31(40)33-28)25-24(19)29(38)35(30(25)39)14-21(37)32-16-7-11-18(36)12-8-16/h5-12,19-20,22-26,36H,3-4,13-14H2,1-2H3,(H,32,37)(H,33,40)/t19?,20?,22-,23?,24?,25?,26?/m1/s1. The van der Waals surface area contributed by atoms with Gasteiger partial charge in [-0.2, -0.15) is 0 Å². The van der Waals surface area contributed by atoms with Crippen molar-refractivity contribution >= 4 is 52.2 Å². The Hall–Kier alpha value is -3.57. The SMILES string of the molecule is CCN(CC)c1ccc([C@H]2c3sc(=O)[nH]c3SC3C4CC(C5C(=O)N(CC(=O)Nc6ccc(O)cc6)C(=O)C45)C32)cc1. The number of thiazole rings is 1. The van der Waals surface area contributed by atoms with E-state index in [9.17, 15) is 24.3 Å². The van der Waals surface area contributed by atoms with E-state index < -0.39 is 17.7 Å². The number of carbonyl (C=O) groups excluding carboxylic acids is 3. The molecule has 6 unspecified atom stereocenters. The molecule has 3 amide bonds. The van der Waals surface area contributed by atoms with E-state index in [0.717, 1.165) is 45.6 Å². The average Bonchev–Trinajstić information content (AvgIpc) is 3.71. The van der Waals surface area contributed by atoms with Crippen LogP contribution in [0.3, 0.4) is 0 Å². The highest BCUT2D eigenvalue weighted by Crippen LogP contribution is 2.68. The molecule has 7 atom stereocenters. The van der Waals surface area contributed by atoms with Crippen molar-refractivity contribution in [1.82, 2.24) is 9.88 Å². The van der Waals surface area contributed by atoms with Gasteiger partial charge >= 0.3 is 4.87 Å². The number of hydrogen-bond donors (Lipinski definition) is 3. The topological polar surface area (TPSA) is 123 Å². The molecule has 0 radical (unpaired) electrons. The summed E-state index contributed by atoms with van der Waals surface area (Å²) in [6.07, 6.45) is 0.801. The molecule has 2 aliphatic carbocycles. The number of likely N-dealkylation sites (tertiary alicyclic amines) is 1. The number of aromatic amines is 1. The van der Waals surface area contributed by atoms with Crippen LogP contribution in [-0.2, 0) is 14.4 Å². The molecule has 9 nitrogen and oxygen atoms in total. The summed E-state index contributed by atoms with van der Waals surface area (Å²) in [5, 5.41) is 13.2. The summed E-state index contributed by atoms with van der Waals surface area (Å²) in [5.41, 5.74) is 2.76. The first kappa shape index (κ1) is 27.3. The van der Waals surface area contributed by atoms with Gasteiger partial charge in [0, 0.05) is 40.5 Å². The van der Waals surface area contributed by atoms with Crippen LogP contribution in [-0.4, -0.2) is 57.6 Å². The van der Waals surface area contributed by atoms with Crippen molar-refractivity contribution in [1.29, 1.82) is 0 Å². The molecule has 4 aliphatic rings. The third-order valence-corrected chi connectivity index (χ3v) is 12.2. The molecule has 1 aromatic heterocycles. The van der Waals surface area contributed by atoms with Crippen LogP contribution in [0.25, 0.3) is 0 Å². The van der Waals surface area contributed by atoms with Gasteiger partial charge in [-0.25, -0.2) is 0 Å². The first-order valence-corrected chi connectivity index (χ1v) is 16.2. The van der Waals surface area contributed by atoms with Crippen LogP contribution in [0, 0.1) is 29.6 Å². The second-order valence-electron chi connectivity index (χ2n) is 11.6. The van der Waals surface area contributed by atoms with Crippen molar-refractivity contribution in [3.63, 3.8) is 0 Å². The molecule has 2 saturated carbocycles. The number of nitrogens with zero attached hydrogens (tertiary/aromatic N) is 2. The summed E-state index contributed by atoms with van der Waals surface area (Å²) >= 11 is 2.91. The van der Waals surface area contributed by atoms with Crippen molar-refractivity contribution in [2.75, 3.05) is 29.9 Å². The third kappa shape index (κ3) is 4.19. The van der Waals surface area contributed by atoms with Gasteiger partial charge in [-0.05, 0) is 80.0 Å². The first-order chi connectivity index (χ1) is 20.3. The van der Waals surface area contributed by atoms with Crippen LogP contribution >= 0.6 is 23.1 Å². The van der Waals surface area contributed by atoms with Gasteiger partial charge in [0.05, 0.1) is 16.9 Å². The van der Waals surface area contributed by atoms with E-state index >= 15 is 0 Å². The number of hydrogen-bond acceptors (Lipinski definition) is 8. The van der Waals surface area contributed by atoms with Crippen LogP contribution in [0.5, 0.6) is 5.75 Å². The molecular weight excluding hydrogens is 572 g/mol. The number of H-pyrrole nitrogens is 1. The Morgan fingerprint density at radius 2 is 1.67 bits per heavy atom. The summed E-state index contributed by atoms with van der Waals surface area (Å²) < 4.78 is 0. The zero-order valence-corrected chi connectivity index (χ0v) is 24.9. The van der Waals surface area contributed by atoms with Crippen LogP contribution < -0.4 is 15.1 Å². The number of amides is 3. The Kier molecular flexibility index (Phi) is 6.69. The van der Waals surface area contributed by atoms with Gasteiger partial charge in [-0.3, -0.25) is 24.1 Å². The maximum atomic E-state index is 13.8. The Morgan fingerprint density at radius 3 is 2.33 bits per heavy atom. The molecule has 2 aromatic carbocycles. The quantitative estimate of drug-likeness (QED) is 0.274. The molecule has 2 bridgehead atoms. The Balaban J connectivity index is 1.18. The number of nitrogens with one attached hydrogen (secondary N) is 2. The predicted octanol–water partition coefficient (Wildman–Crippen LogP) is 4.10. The smallest absolute Gasteiger partial charge is 0.305 e. The molecule has 42 heavy (non-hydrogen) atoms. The van der Waals surface area contributed by atoms with Crippen molar-refractivity contribution in [2.24, 2.45) is 29.6 Å². The van der Waals surface area contributed by atoms with Gasteiger partial charge in [-0.15, -0.1) is 11.8 Å². The van der Waals surface area contributed by atoms with Crippen molar-refractivity contribution in [2.45, 2.75) is 36.5 Å². The summed E-state index contributed by atoms with van der Waals surface area (Å²) in [4.78, 5) is 60.3. The number of carbonyl (C=O) groups is 3. The summed E-state index contributed by atoms with van der Waals surface area (Å²) in [6, 6.07) is 14.7. The summed E-state index contributed by atoms with van der Waals surface area (Å²) in [6.45, 7) is 5.77. The molecule has 11 heteroatoms. The number of phenolic OH excluding ortho intramolecular Hbond substituents is 1. The van der Waals surface area contributed by atoms with E-state index in [1.54, 1.807) is 23.9 Å². The number of anilines is 2. The van der Waals surface area contributed by atoms with Gasteiger partial charge in [-0.1, -0.05) is 23.5 Å². The Morgan fingerprint density at radius 1 is 1.00 bits per heavy atom. The number of phenols is 1. The predicted molar refractivity (Wildman–Crippen MR) is 162 cm³/mol. The Bertz CT molecular complexity index is 1610. The second kappa shape index (κ2) is 10.3. The monoisotopic (exact) mass is 604 g/mol. The van der Waals surface area contributed by atoms with Crippen LogP contribution in [0.2, 0.25) is 0 Å². The number of rotatable bonds is 7. The minimum Gasteiger partial charge on any atom is -0.508 e. The average molecular weight is 605 g/mol. The van der Waals surface area contributed by atoms with E-state index in [-0.39, 0.29) is 57.9 Å². The van der Waals surface area contributed by atoms with E-state index in [4.69, 9.17) is 0 Å². The Labute approximate surface area is 251 Å². The van der Waals surface area contributed by atoms with Crippen LogP contribution in [0.15, 0.2) is 58.4 Å².